The molecule has 2 aromatic rings. The molecule has 0 bridgehead atoms. The maximum atomic E-state index is 13.4. The van der Waals surface area contributed by atoms with E-state index in [9.17, 15) is 9.18 Å². The normalized spacial score (nSPS) is 10.1. The van der Waals surface area contributed by atoms with Crippen molar-refractivity contribution in [2.24, 2.45) is 0 Å². The average molecular weight is 302 g/mol. The van der Waals surface area contributed by atoms with E-state index in [4.69, 9.17) is 4.74 Å². The van der Waals surface area contributed by atoms with Crippen molar-refractivity contribution >= 4 is 11.6 Å². The minimum atomic E-state index is -0.485. The number of halogens is 1. The molecule has 0 fully saturated rings. The quantitative estimate of drug-likeness (QED) is 0.834. The predicted molar refractivity (Wildman–Crippen MR) is 84.2 cm³/mol. The van der Waals surface area contributed by atoms with Crippen LogP contribution in [0.3, 0.4) is 0 Å². The Labute approximate surface area is 129 Å². The molecule has 0 heterocycles. The number of carbonyl (C=O) groups excluding carboxylic acids is 1. The molecule has 0 saturated carbocycles. The summed E-state index contributed by atoms with van der Waals surface area (Å²) >= 11 is 0. The molecule has 0 unspecified atom stereocenters. The lowest BCUT2D eigenvalue weighted by Crippen LogP contribution is -2.44. The van der Waals surface area contributed by atoms with E-state index in [1.165, 1.54) is 12.1 Å². The van der Waals surface area contributed by atoms with Gasteiger partial charge in [-0.05, 0) is 38.1 Å². The maximum absolute atomic E-state index is 13.4. The van der Waals surface area contributed by atoms with E-state index in [-0.39, 0.29) is 18.3 Å². The first-order chi connectivity index (χ1) is 10.6. The SMILES string of the molecule is CCN(NC(=O)COc1ccccc1F)c1ccc(C)cc1. The highest BCUT2D eigenvalue weighted by atomic mass is 19.1. The summed E-state index contributed by atoms with van der Waals surface area (Å²) in [6.07, 6.45) is 0. The zero-order chi connectivity index (χ0) is 15.9. The number of rotatable bonds is 6. The lowest BCUT2D eigenvalue weighted by atomic mass is 10.2. The summed E-state index contributed by atoms with van der Waals surface area (Å²) in [5.74, 6) is -0.761. The van der Waals surface area contributed by atoms with Crippen molar-refractivity contribution in [1.82, 2.24) is 5.43 Å². The first-order valence-electron chi connectivity index (χ1n) is 7.11. The molecular weight excluding hydrogens is 283 g/mol. The van der Waals surface area contributed by atoms with Gasteiger partial charge in [0.2, 0.25) is 0 Å². The number of nitrogens with zero attached hydrogens (tertiary/aromatic N) is 1. The van der Waals surface area contributed by atoms with Crippen LogP contribution in [0.25, 0.3) is 0 Å². The molecule has 0 aliphatic carbocycles. The molecule has 0 radical (unpaired) electrons. The number of para-hydroxylation sites is 1. The first kappa shape index (κ1) is 15.8. The fourth-order valence-electron chi connectivity index (χ4n) is 1.94. The lowest BCUT2D eigenvalue weighted by Gasteiger charge is -2.24. The van der Waals surface area contributed by atoms with Gasteiger partial charge in [-0.1, -0.05) is 29.8 Å². The van der Waals surface area contributed by atoms with E-state index in [1.54, 1.807) is 17.1 Å². The van der Waals surface area contributed by atoms with E-state index in [0.717, 1.165) is 11.3 Å². The molecule has 2 rings (SSSR count). The second-order valence-corrected chi connectivity index (χ2v) is 4.83. The highest BCUT2D eigenvalue weighted by Gasteiger charge is 2.10. The number of carbonyl (C=O) groups is 1. The van der Waals surface area contributed by atoms with Crippen molar-refractivity contribution in [3.05, 3.63) is 59.9 Å². The Morgan fingerprint density at radius 3 is 2.50 bits per heavy atom. The van der Waals surface area contributed by atoms with Crippen molar-refractivity contribution in [3.8, 4) is 5.75 Å². The predicted octanol–water partition coefficient (Wildman–Crippen LogP) is 3.07. The highest BCUT2D eigenvalue weighted by Crippen LogP contribution is 2.15. The van der Waals surface area contributed by atoms with Crippen molar-refractivity contribution in [2.45, 2.75) is 13.8 Å². The van der Waals surface area contributed by atoms with Crippen molar-refractivity contribution in [3.63, 3.8) is 0 Å². The van der Waals surface area contributed by atoms with Gasteiger partial charge in [-0.3, -0.25) is 15.2 Å². The van der Waals surface area contributed by atoms with E-state index in [0.29, 0.717) is 6.54 Å². The third-order valence-corrected chi connectivity index (χ3v) is 3.12. The number of nitrogens with one attached hydrogen (secondary N) is 1. The highest BCUT2D eigenvalue weighted by molar-refractivity contribution is 5.79. The van der Waals surface area contributed by atoms with E-state index in [1.807, 2.05) is 38.1 Å². The average Bonchev–Trinajstić information content (AvgIpc) is 2.53. The van der Waals surface area contributed by atoms with Gasteiger partial charge in [-0.2, -0.15) is 0 Å². The van der Waals surface area contributed by atoms with Crippen LogP contribution in [-0.2, 0) is 4.79 Å². The monoisotopic (exact) mass is 302 g/mol. The van der Waals surface area contributed by atoms with Gasteiger partial charge in [0.15, 0.2) is 18.2 Å². The summed E-state index contributed by atoms with van der Waals surface area (Å²) in [6.45, 7) is 4.29. The van der Waals surface area contributed by atoms with Gasteiger partial charge in [0.1, 0.15) is 0 Å². The molecule has 116 valence electrons. The van der Waals surface area contributed by atoms with Crippen molar-refractivity contribution in [1.29, 1.82) is 0 Å². The van der Waals surface area contributed by atoms with Crippen LogP contribution in [-0.4, -0.2) is 19.1 Å². The second-order valence-electron chi connectivity index (χ2n) is 4.83. The Balaban J connectivity index is 1.92. The van der Waals surface area contributed by atoms with Crippen LogP contribution in [0.4, 0.5) is 10.1 Å². The summed E-state index contributed by atoms with van der Waals surface area (Å²) in [5.41, 5.74) is 4.77. The standard InChI is InChI=1S/C17H19FN2O2/c1-3-20(14-10-8-13(2)9-11-14)19-17(21)12-22-16-7-5-4-6-15(16)18/h4-11H,3,12H2,1-2H3,(H,19,21). The summed E-state index contributed by atoms with van der Waals surface area (Å²) in [4.78, 5) is 11.9. The maximum Gasteiger partial charge on any atom is 0.276 e. The molecule has 0 aliphatic heterocycles. The number of hydrazine groups is 1. The topological polar surface area (TPSA) is 41.6 Å². The van der Waals surface area contributed by atoms with E-state index < -0.39 is 5.82 Å². The molecule has 1 N–H and O–H groups in total. The molecule has 22 heavy (non-hydrogen) atoms. The lowest BCUT2D eigenvalue weighted by molar-refractivity contribution is -0.123. The van der Waals surface area contributed by atoms with Gasteiger partial charge in [0.25, 0.3) is 5.91 Å². The van der Waals surface area contributed by atoms with Crippen LogP contribution in [0.2, 0.25) is 0 Å². The van der Waals surface area contributed by atoms with Crippen LogP contribution in [0, 0.1) is 12.7 Å². The molecule has 0 aromatic heterocycles. The third-order valence-electron chi connectivity index (χ3n) is 3.12. The number of anilines is 1. The molecular formula is C17H19FN2O2. The number of hydrogen-bond acceptors (Lipinski definition) is 3. The number of benzene rings is 2. The number of amides is 1. The smallest absolute Gasteiger partial charge is 0.276 e. The molecule has 0 spiro atoms. The van der Waals surface area contributed by atoms with Crippen LogP contribution in [0.5, 0.6) is 5.75 Å². The second kappa shape index (κ2) is 7.45. The molecule has 0 atom stereocenters. The molecule has 2 aromatic carbocycles. The number of aryl methyl sites for hydroxylation is 1. The zero-order valence-electron chi connectivity index (χ0n) is 12.7. The molecule has 1 amide bonds. The largest absolute Gasteiger partial charge is 0.481 e. The van der Waals surface area contributed by atoms with Gasteiger partial charge in [0, 0.05) is 6.54 Å². The van der Waals surface area contributed by atoms with Crippen LogP contribution in [0.1, 0.15) is 12.5 Å². The van der Waals surface area contributed by atoms with Crippen molar-refractivity contribution in [2.75, 3.05) is 18.2 Å². The van der Waals surface area contributed by atoms with E-state index >= 15 is 0 Å². The Morgan fingerprint density at radius 1 is 1.18 bits per heavy atom. The Bertz CT molecular complexity index is 629. The molecule has 0 saturated heterocycles. The third kappa shape index (κ3) is 4.22. The minimum absolute atomic E-state index is 0.0658. The number of ether oxygens (including phenoxy) is 1. The van der Waals surface area contributed by atoms with E-state index in [2.05, 4.69) is 5.43 Å². The Morgan fingerprint density at radius 2 is 1.86 bits per heavy atom. The zero-order valence-corrected chi connectivity index (χ0v) is 12.7. The molecule has 4 nitrogen and oxygen atoms in total. The van der Waals surface area contributed by atoms with Gasteiger partial charge in [-0.15, -0.1) is 0 Å². The molecule has 0 aliphatic rings. The molecule has 5 heteroatoms. The Kier molecular flexibility index (Phi) is 5.36. The summed E-state index contributed by atoms with van der Waals surface area (Å²) < 4.78 is 18.6. The number of hydrogen-bond donors (Lipinski definition) is 1. The minimum Gasteiger partial charge on any atom is -0.481 e. The first-order valence-corrected chi connectivity index (χ1v) is 7.11. The van der Waals surface area contributed by atoms with Crippen LogP contribution >= 0.6 is 0 Å². The van der Waals surface area contributed by atoms with Crippen LogP contribution in [0.15, 0.2) is 48.5 Å². The van der Waals surface area contributed by atoms with Gasteiger partial charge in [0.05, 0.1) is 5.69 Å². The van der Waals surface area contributed by atoms with Gasteiger partial charge < -0.3 is 4.74 Å². The fraction of sp³-hybridized carbons (Fsp3) is 0.235. The van der Waals surface area contributed by atoms with Crippen LogP contribution < -0.4 is 15.2 Å². The summed E-state index contributed by atoms with van der Waals surface area (Å²) in [6, 6.07) is 13.8. The van der Waals surface area contributed by atoms with Crippen molar-refractivity contribution < 1.29 is 13.9 Å². The van der Waals surface area contributed by atoms with Gasteiger partial charge in [-0.25, -0.2) is 4.39 Å². The van der Waals surface area contributed by atoms with Gasteiger partial charge >= 0.3 is 0 Å². The fourth-order valence-corrected chi connectivity index (χ4v) is 1.94. The summed E-state index contributed by atoms with van der Waals surface area (Å²) in [7, 11) is 0. The Hall–Kier alpha value is -2.56. The summed E-state index contributed by atoms with van der Waals surface area (Å²) in [5, 5.41) is 1.71.